The number of amides is 1. The van der Waals surface area contributed by atoms with E-state index in [1.54, 1.807) is 13.0 Å². The van der Waals surface area contributed by atoms with Crippen molar-refractivity contribution in [1.82, 2.24) is 5.16 Å². The normalized spacial score (nSPS) is 10.4. The van der Waals surface area contributed by atoms with Crippen LogP contribution in [0.15, 0.2) is 59.1 Å². The molecule has 0 radical (unpaired) electrons. The predicted octanol–water partition coefficient (Wildman–Crippen LogP) is 3.95. The van der Waals surface area contributed by atoms with Crippen LogP contribution in [0.3, 0.4) is 0 Å². The van der Waals surface area contributed by atoms with Crippen molar-refractivity contribution in [2.75, 3.05) is 5.32 Å². The number of rotatable bonds is 5. The van der Waals surface area contributed by atoms with Gasteiger partial charge in [-0.15, -0.1) is 0 Å². The number of nitrogens with zero attached hydrogens (tertiary/aromatic N) is 1. The molecule has 0 aliphatic carbocycles. The van der Waals surface area contributed by atoms with Gasteiger partial charge < -0.3 is 14.6 Å². The van der Waals surface area contributed by atoms with Gasteiger partial charge in [0, 0.05) is 5.69 Å². The highest BCUT2D eigenvalue weighted by atomic mass is 19.1. The second kappa shape index (κ2) is 6.95. The number of ether oxygens (including phenoxy) is 1. The largest absolute Gasteiger partial charge is 0.489 e. The van der Waals surface area contributed by atoms with Crippen LogP contribution in [0.1, 0.15) is 21.8 Å². The van der Waals surface area contributed by atoms with Crippen molar-refractivity contribution >= 4 is 11.6 Å². The highest BCUT2D eigenvalue weighted by Gasteiger charge is 2.20. The Morgan fingerprint density at radius 1 is 1.21 bits per heavy atom. The van der Waals surface area contributed by atoms with E-state index in [0.717, 1.165) is 0 Å². The van der Waals surface area contributed by atoms with Gasteiger partial charge in [0.2, 0.25) is 0 Å². The van der Waals surface area contributed by atoms with Crippen LogP contribution < -0.4 is 10.1 Å². The maximum atomic E-state index is 13.2. The molecule has 0 bridgehead atoms. The number of aromatic nitrogens is 1. The summed E-state index contributed by atoms with van der Waals surface area (Å²) < 4.78 is 24.0. The Labute approximate surface area is 138 Å². The molecule has 3 rings (SSSR count). The molecule has 0 unspecified atom stereocenters. The molecule has 1 aromatic heterocycles. The van der Waals surface area contributed by atoms with Gasteiger partial charge in [-0.3, -0.25) is 4.79 Å². The molecule has 0 spiro atoms. The zero-order valence-corrected chi connectivity index (χ0v) is 13.0. The Balaban J connectivity index is 1.75. The summed E-state index contributed by atoms with van der Waals surface area (Å²) in [6, 6.07) is 14.9. The smallest absolute Gasteiger partial charge is 0.278 e. The minimum atomic E-state index is -0.482. The second-order valence-electron chi connectivity index (χ2n) is 5.13. The maximum Gasteiger partial charge on any atom is 0.278 e. The molecule has 1 N–H and O–H groups in total. The Hall–Kier alpha value is -3.15. The Kier molecular flexibility index (Phi) is 4.56. The number of carbonyl (C=O) groups is 1. The molecule has 0 fully saturated rings. The minimum absolute atomic E-state index is 0.118. The third kappa shape index (κ3) is 3.60. The zero-order valence-electron chi connectivity index (χ0n) is 13.0. The van der Waals surface area contributed by atoms with E-state index in [9.17, 15) is 9.18 Å². The molecule has 0 atom stereocenters. The lowest BCUT2D eigenvalue weighted by Crippen LogP contribution is -2.15. The van der Waals surface area contributed by atoms with Gasteiger partial charge in [0.25, 0.3) is 5.91 Å². The number of para-hydroxylation sites is 1. The minimum Gasteiger partial charge on any atom is -0.489 e. The fourth-order valence-electron chi connectivity index (χ4n) is 2.17. The fraction of sp³-hybridized carbons (Fsp3) is 0.111. The van der Waals surface area contributed by atoms with Crippen LogP contribution in [0.5, 0.6) is 5.75 Å². The van der Waals surface area contributed by atoms with E-state index in [0.29, 0.717) is 22.8 Å². The average molecular weight is 326 g/mol. The summed E-state index contributed by atoms with van der Waals surface area (Å²) in [5.74, 6) is 0.255. The lowest BCUT2D eigenvalue weighted by atomic mass is 10.2. The molecule has 0 aliphatic rings. The van der Waals surface area contributed by atoms with Crippen molar-refractivity contribution in [3.63, 3.8) is 0 Å². The molecule has 24 heavy (non-hydrogen) atoms. The molecule has 0 saturated carbocycles. The van der Waals surface area contributed by atoms with Gasteiger partial charge in [-0.25, -0.2) is 4.39 Å². The highest BCUT2D eigenvalue weighted by Crippen LogP contribution is 2.19. The van der Waals surface area contributed by atoms with E-state index in [2.05, 4.69) is 10.5 Å². The van der Waals surface area contributed by atoms with Crippen LogP contribution >= 0.6 is 0 Å². The third-order valence-electron chi connectivity index (χ3n) is 3.41. The molecule has 1 heterocycles. The van der Waals surface area contributed by atoms with Gasteiger partial charge in [0.15, 0.2) is 5.69 Å². The SMILES string of the molecule is Cc1onc(C(=O)Nc2cccc(F)c2)c1COc1ccccc1. The summed E-state index contributed by atoms with van der Waals surface area (Å²) >= 11 is 0. The Morgan fingerprint density at radius 3 is 2.75 bits per heavy atom. The Bertz CT molecular complexity index is 846. The lowest BCUT2D eigenvalue weighted by Gasteiger charge is -2.07. The summed E-state index contributed by atoms with van der Waals surface area (Å²) in [5.41, 5.74) is 1.01. The standard InChI is InChI=1S/C18H15FN2O3/c1-12-16(11-23-15-8-3-2-4-9-15)17(21-24-12)18(22)20-14-7-5-6-13(19)10-14/h2-10H,11H2,1H3,(H,20,22). The third-order valence-corrected chi connectivity index (χ3v) is 3.41. The molecule has 5 nitrogen and oxygen atoms in total. The van der Waals surface area contributed by atoms with E-state index in [1.165, 1.54) is 18.2 Å². The molecule has 3 aromatic rings. The monoisotopic (exact) mass is 326 g/mol. The summed E-state index contributed by atoms with van der Waals surface area (Å²) in [6.45, 7) is 1.85. The number of benzene rings is 2. The summed E-state index contributed by atoms with van der Waals surface area (Å²) in [6.07, 6.45) is 0. The first-order chi connectivity index (χ1) is 11.6. The average Bonchev–Trinajstić information content (AvgIpc) is 2.95. The number of aryl methyl sites for hydroxylation is 1. The van der Waals surface area contributed by atoms with Crippen molar-refractivity contribution in [2.24, 2.45) is 0 Å². The van der Waals surface area contributed by atoms with E-state index in [1.807, 2.05) is 30.3 Å². The van der Waals surface area contributed by atoms with E-state index in [-0.39, 0.29) is 12.3 Å². The van der Waals surface area contributed by atoms with Crippen LogP contribution in [0, 0.1) is 12.7 Å². The first kappa shape index (κ1) is 15.7. The molecular weight excluding hydrogens is 311 g/mol. The van der Waals surface area contributed by atoms with Crippen molar-refractivity contribution < 1.29 is 18.4 Å². The molecule has 1 amide bonds. The van der Waals surface area contributed by atoms with Crippen molar-refractivity contribution in [2.45, 2.75) is 13.5 Å². The lowest BCUT2D eigenvalue weighted by molar-refractivity contribution is 0.101. The predicted molar refractivity (Wildman–Crippen MR) is 86.4 cm³/mol. The van der Waals surface area contributed by atoms with Gasteiger partial charge in [-0.1, -0.05) is 29.4 Å². The fourth-order valence-corrected chi connectivity index (χ4v) is 2.17. The van der Waals surface area contributed by atoms with Crippen LogP contribution in [0.4, 0.5) is 10.1 Å². The number of anilines is 1. The molecule has 122 valence electrons. The number of halogens is 1. The molecule has 0 saturated heterocycles. The topological polar surface area (TPSA) is 64.4 Å². The first-order valence-electron chi connectivity index (χ1n) is 7.33. The number of nitrogens with one attached hydrogen (secondary N) is 1. The van der Waals surface area contributed by atoms with Gasteiger partial charge in [-0.2, -0.15) is 0 Å². The van der Waals surface area contributed by atoms with E-state index >= 15 is 0 Å². The summed E-state index contributed by atoms with van der Waals surface area (Å²) in [4.78, 5) is 12.4. The summed E-state index contributed by atoms with van der Waals surface area (Å²) in [7, 11) is 0. The van der Waals surface area contributed by atoms with Crippen LogP contribution in [-0.4, -0.2) is 11.1 Å². The maximum absolute atomic E-state index is 13.2. The van der Waals surface area contributed by atoms with Crippen LogP contribution in [0.2, 0.25) is 0 Å². The number of carbonyl (C=O) groups excluding carboxylic acids is 1. The van der Waals surface area contributed by atoms with Gasteiger partial charge >= 0.3 is 0 Å². The van der Waals surface area contributed by atoms with Crippen molar-refractivity contribution in [3.05, 3.63) is 77.4 Å². The first-order valence-corrected chi connectivity index (χ1v) is 7.33. The second-order valence-corrected chi connectivity index (χ2v) is 5.13. The van der Waals surface area contributed by atoms with Crippen LogP contribution in [0.25, 0.3) is 0 Å². The van der Waals surface area contributed by atoms with Gasteiger partial charge in [-0.05, 0) is 37.3 Å². The van der Waals surface area contributed by atoms with E-state index < -0.39 is 11.7 Å². The molecular formula is C18H15FN2O3. The molecule has 0 aliphatic heterocycles. The zero-order chi connectivity index (χ0) is 16.9. The van der Waals surface area contributed by atoms with Crippen molar-refractivity contribution in [3.8, 4) is 5.75 Å². The van der Waals surface area contributed by atoms with E-state index in [4.69, 9.17) is 9.26 Å². The van der Waals surface area contributed by atoms with Crippen LogP contribution in [-0.2, 0) is 6.61 Å². The van der Waals surface area contributed by atoms with Gasteiger partial charge in [0.05, 0.1) is 5.56 Å². The Morgan fingerprint density at radius 2 is 2.00 bits per heavy atom. The quantitative estimate of drug-likeness (QED) is 0.771. The van der Waals surface area contributed by atoms with Gasteiger partial charge in [0.1, 0.15) is 23.9 Å². The molecule has 6 heteroatoms. The number of hydrogen-bond acceptors (Lipinski definition) is 4. The number of hydrogen-bond donors (Lipinski definition) is 1. The summed E-state index contributed by atoms with van der Waals surface area (Å²) in [5, 5.41) is 6.38. The molecule has 2 aromatic carbocycles. The van der Waals surface area contributed by atoms with Crippen molar-refractivity contribution in [1.29, 1.82) is 0 Å². The highest BCUT2D eigenvalue weighted by molar-refractivity contribution is 6.03.